The molecule has 0 saturated carbocycles. The van der Waals surface area contributed by atoms with Crippen LogP contribution in [0, 0.1) is 0 Å². The van der Waals surface area contributed by atoms with Crippen molar-refractivity contribution < 1.29 is 0 Å². The topological polar surface area (TPSA) is 4.93 Å². The molecule has 1 aromatic heterocycles. The molecule has 6 aromatic rings. The van der Waals surface area contributed by atoms with E-state index < -0.39 is 0 Å². The third-order valence-electron chi connectivity index (χ3n) is 10.9. The van der Waals surface area contributed by atoms with E-state index in [1.807, 2.05) is 0 Å². The molecule has 0 aliphatic carbocycles. The lowest BCUT2D eigenvalue weighted by Crippen LogP contribution is -2.17. The second-order valence-electron chi connectivity index (χ2n) is 20.5. The molecule has 52 heavy (non-hydrogen) atoms. The number of fused-ring (bicyclic) bond motifs is 3. The first-order valence-corrected chi connectivity index (χ1v) is 19.4. The van der Waals surface area contributed by atoms with Crippen molar-refractivity contribution in [3.8, 4) is 16.8 Å². The van der Waals surface area contributed by atoms with Gasteiger partial charge in [-0.05, 0) is 108 Å². The smallest absolute Gasteiger partial charge is 0.0544 e. The summed E-state index contributed by atoms with van der Waals surface area (Å²) in [4.78, 5) is 0. The number of hydrogen-bond acceptors (Lipinski definition) is 0. The molecule has 0 atom stereocenters. The number of rotatable bonds is 4. The third-order valence-corrected chi connectivity index (χ3v) is 10.9. The van der Waals surface area contributed by atoms with Gasteiger partial charge in [-0.25, -0.2) is 0 Å². The molecular weight excluding hydrogens is 627 g/mol. The molecule has 0 N–H and O–H groups in total. The first-order valence-electron chi connectivity index (χ1n) is 19.4. The number of aromatic nitrogens is 1. The highest BCUT2D eigenvalue weighted by Gasteiger charge is 2.29. The van der Waals surface area contributed by atoms with Crippen LogP contribution in [0.3, 0.4) is 0 Å². The molecule has 0 spiro atoms. The van der Waals surface area contributed by atoms with Crippen molar-refractivity contribution in [2.45, 2.75) is 137 Å². The lowest BCUT2D eigenvalue weighted by Gasteiger charge is -2.29. The molecule has 0 aliphatic heterocycles. The van der Waals surface area contributed by atoms with Crippen LogP contribution in [0.1, 0.15) is 143 Å². The normalized spacial score (nSPS) is 13.4. The minimum absolute atomic E-state index is 0.0337. The molecule has 0 unspecified atom stereocenters. The van der Waals surface area contributed by atoms with Gasteiger partial charge in [-0.3, -0.25) is 0 Å². The average molecular weight is 690 g/mol. The number of nitrogens with zero attached hydrogens (tertiary/aromatic N) is 1. The second-order valence-corrected chi connectivity index (χ2v) is 20.5. The molecular formula is C51H63N. The molecule has 0 radical (unpaired) electrons. The molecule has 1 nitrogen and oxygen atoms in total. The Labute approximate surface area is 315 Å². The van der Waals surface area contributed by atoms with E-state index in [4.69, 9.17) is 0 Å². The standard InChI is InChI=1S/C51H63N/c1-47(2,3)36-27-33(28-37(31-36)48(4,5)6)26-34-20-19-23-42-44(34)45-43(52(42)40-21-17-16-18-22-40)25-24-41(46(45)51(13,14)15)35-29-38(49(7,8)9)32-39(30-35)50(10,11)12/h16-25,27-32H,26H2,1-15H3. The van der Waals surface area contributed by atoms with Gasteiger partial charge in [-0.15, -0.1) is 0 Å². The van der Waals surface area contributed by atoms with Crippen LogP contribution in [0.2, 0.25) is 0 Å². The Morgan fingerprint density at radius 3 is 1.38 bits per heavy atom. The van der Waals surface area contributed by atoms with Crippen molar-refractivity contribution in [3.05, 3.63) is 136 Å². The monoisotopic (exact) mass is 689 g/mol. The summed E-state index contributed by atoms with van der Waals surface area (Å²) in [5.41, 5.74) is 16.2. The lowest BCUT2D eigenvalue weighted by molar-refractivity contribution is 0.567. The largest absolute Gasteiger partial charge is 0.309 e. The maximum absolute atomic E-state index is 2.51. The van der Waals surface area contributed by atoms with Crippen LogP contribution in [0.15, 0.2) is 97.1 Å². The fourth-order valence-corrected chi connectivity index (χ4v) is 7.77. The van der Waals surface area contributed by atoms with Crippen molar-refractivity contribution >= 4 is 21.8 Å². The zero-order valence-corrected chi connectivity index (χ0v) is 34.9. The van der Waals surface area contributed by atoms with Gasteiger partial charge in [0.25, 0.3) is 0 Å². The van der Waals surface area contributed by atoms with Crippen molar-refractivity contribution in [1.29, 1.82) is 0 Å². The summed E-state index contributed by atoms with van der Waals surface area (Å²) in [7, 11) is 0. The maximum Gasteiger partial charge on any atom is 0.0544 e. The molecule has 5 aromatic carbocycles. The Balaban J connectivity index is 1.75. The number of hydrogen-bond donors (Lipinski definition) is 0. The van der Waals surface area contributed by atoms with E-state index in [1.54, 1.807) is 0 Å². The Kier molecular flexibility index (Phi) is 9.26. The van der Waals surface area contributed by atoms with E-state index in [0.29, 0.717) is 0 Å². The third kappa shape index (κ3) is 7.26. The van der Waals surface area contributed by atoms with E-state index in [1.165, 1.54) is 77.6 Å². The summed E-state index contributed by atoms with van der Waals surface area (Å²) in [5.74, 6) is 0. The summed E-state index contributed by atoms with van der Waals surface area (Å²) in [6.07, 6.45) is 0.875. The van der Waals surface area contributed by atoms with Gasteiger partial charge in [0.15, 0.2) is 0 Å². The molecule has 0 amide bonds. The lowest BCUT2D eigenvalue weighted by atomic mass is 9.75. The van der Waals surface area contributed by atoms with Gasteiger partial charge in [-0.1, -0.05) is 177 Å². The predicted octanol–water partition coefficient (Wildman–Crippen LogP) is 14.5. The van der Waals surface area contributed by atoms with Crippen LogP contribution in [0.25, 0.3) is 38.6 Å². The Morgan fingerprint density at radius 2 is 0.904 bits per heavy atom. The highest BCUT2D eigenvalue weighted by molar-refractivity contribution is 6.14. The number of benzene rings is 5. The Hall–Kier alpha value is -4.10. The zero-order valence-electron chi connectivity index (χ0n) is 34.9. The Bertz CT molecular complexity index is 2190. The molecule has 1 heteroatoms. The van der Waals surface area contributed by atoms with Gasteiger partial charge >= 0.3 is 0 Å². The Morgan fingerprint density at radius 1 is 0.423 bits per heavy atom. The van der Waals surface area contributed by atoms with Gasteiger partial charge in [-0.2, -0.15) is 0 Å². The average Bonchev–Trinajstić information content (AvgIpc) is 3.37. The summed E-state index contributed by atoms with van der Waals surface area (Å²) < 4.78 is 2.51. The molecule has 272 valence electrons. The molecule has 6 rings (SSSR count). The van der Waals surface area contributed by atoms with Crippen molar-refractivity contribution in [2.24, 2.45) is 0 Å². The van der Waals surface area contributed by atoms with Crippen LogP contribution in [0.4, 0.5) is 0 Å². The number of para-hydroxylation sites is 1. The summed E-state index contributed by atoms with van der Waals surface area (Å²) in [6, 6.07) is 37.5. The highest BCUT2D eigenvalue weighted by Crippen LogP contribution is 2.46. The minimum Gasteiger partial charge on any atom is -0.309 e. The van der Waals surface area contributed by atoms with Gasteiger partial charge in [0, 0.05) is 16.5 Å². The molecule has 1 heterocycles. The summed E-state index contributed by atoms with van der Waals surface area (Å²) >= 11 is 0. The maximum atomic E-state index is 2.51. The first-order chi connectivity index (χ1) is 23.9. The van der Waals surface area contributed by atoms with Gasteiger partial charge in [0.2, 0.25) is 0 Å². The van der Waals surface area contributed by atoms with Crippen LogP contribution in [-0.4, -0.2) is 4.57 Å². The first kappa shape index (κ1) is 37.7. The highest BCUT2D eigenvalue weighted by atomic mass is 15.0. The van der Waals surface area contributed by atoms with Crippen molar-refractivity contribution in [1.82, 2.24) is 4.57 Å². The van der Waals surface area contributed by atoms with Crippen LogP contribution < -0.4 is 0 Å². The second kappa shape index (κ2) is 12.8. The van der Waals surface area contributed by atoms with Crippen LogP contribution in [-0.2, 0) is 33.5 Å². The van der Waals surface area contributed by atoms with E-state index in [-0.39, 0.29) is 27.1 Å². The summed E-state index contributed by atoms with van der Waals surface area (Å²) in [6.45, 7) is 35.3. The van der Waals surface area contributed by atoms with Crippen molar-refractivity contribution in [3.63, 3.8) is 0 Å². The van der Waals surface area contributed by atoms with E-state index in [2.05, 4.69) is 205 Å². The fourth-order valence-electron chi connectivity index (χ4n) is 7.77. The zero-order chi connectivity index (χ0) is 38.2. The summed E-state index contributed by atoms with van der Waals surface area (Å²) in [5, 5.41) is 2.75. The quantitative estimate of drug-likeness (QED) is 0.174. The molecule has 0 fully saturated rings. The molecule has 0 aliphatic rings. The molecule has 0 bridgehead atoms. The minimum atomic E-state index is -0.122. The van der Waals surface area contributed by atoms with E-state index in [9.17, 15) is 0 Å². The van der Waals surface area contributed by atoms with Crippen LogP contribution >= 0.6 is 0 Å². The van der Waals surface area contributed by atoms with E-state index >= 15 is 0 Å². The van der Waals surface area contributed by atoms with E-state index in [0.717, 1.165) is 6.42 Å². The molecule has 0 saturated heterocycles. The SMILES string of the molecule is CC(C)(C)c1cc(Cc2cccc3c2c2c(C(C)(C)C)c(-c4cc(C(C)(C)C)cc(C(C)(C)C)c4)ccc2n3-c2ccccc2)cc(C(C)(C)C)c1. The van der Waals surface area contributed by atoms with Gasteiger partial charge in [0.1, 0.15) is 0 Å². The fraction of sp³-hybridized carbons (Fsp3) is 0.412. The van der Waals surface area contributed by atoms with Crippen LogP contribution in [0.5, 0.6) is 0 Å². The predicted molar refractivity (Wildman–Crippen MR) is 229 cm³/mol. The van der Waals surface area contributed by atoms with Gasteiger partial charge < -0.3 is 4.57 Å². The van der Waals surface area contributed by atoms with Crippen molar-refractivity contribution in [2.75, 3.05) is 0 Å². The van der Waals surface area contributed by atoms with Gasteiger partial charge in [0.05, 0.1) is 11.0 Å².